The SMILES string of the molecule is CC(NC(=O)N1CCc2ccc(F)cc2C1)c1nc(C(C)(C)C)no1. The van der Waals surface area contributed by atoms with Crippen LogP contribution in [0.15, 0.2) is 22.7 Å². The first-order valence-corrected chi connectivity index (χ1v) is 8.41. The minimum atomic E-state index is -0.398. The molecule has 2 aromatic rings. The van der Waals surface area contributed by atoms with E-state index in [0.717, 1.165) is 11.1 Å². The number of urea groups is 1. The third kappa shape index (κ3) is 3.81. The van der Waals surface area contributed by atoms with Crippen LogP contribution in [-0.2, 0) is 18.4 Å². The van der Waals surface area contributed by atoms with Crippen LogP contribution < -0.4 is 5.32 Å². The lowest BCUT2D eigenvalue weighted by Gasteiger charge is -2.29. The van der Waals surface area contributed by atoms with Gasteiger partial charge in [-0.05, 0) is 36.6 Å². The number of aromatic nitrogens is 2. The second kappa shape index (κ2) is 6.46. The topological polar surface area (TPSA) is 71.3 Å². The van der Waals surface area contributed by atoms with Crippen molar-refractivity contribution in [3.05, 3.63) is 46.9 Å². The summed E-state index contributed by atoms with van der Waals surface area (Å²) in [6.45, 7) is 8.77. The number of rotatable bonds is 2. The predicted molar refractivity (Wildman–Crippen MR) is 90.5 cm³/mol. The molecule has 134 valence electrons. The molecule has 1 aromatic carbocycles. The highest BCUT2D eigenvalue weighted by Gasteiger charge is 2.26. The van der Waals surface area contributed by atoms with E-state index < -0.39 is 6.04 Å². The Hall–Kier alpha value is -2.44. The predicted octanol–water partition coefficient (Wildman–Crippen LogP) is 3.34. The summed E-state index contributed by atoms with van der Waals surface area (Å²) in [5.74, 6) is 0.697. The van der Waals surface area contributed by atoms with Crippen LogP contribution in [0.1, 0.15) is 56.6 Å². The quantitative estimate of drug-likeness (QED) is 0.905. The Kier molecular flexibility index (Phi) is 4.49. The highest BCUT2D eigenvalue weighted by Crippen LogP contribution is 2.22. The van der Waals surface area contributed by atoms with Gasteiger partial charge in [0.15, 0.2) is 5.82 Å². The number of carbonyl (C=O) groups is 1. The second-order valence-corrected chi connectivity index (χ2v) is 7.46. The van der Waals surface area contributed by atoms with Crippen molar-refractivity contribution in [1.29, 1.82) is 0 Å². The lowest BCUT2D eigenvalue weighted by molar-refractivity contribution is 0.186. The lowest BCUT2D eigenvalue weighted by Crippen LogP contribution is -2.43. The fourth-order valence-electron chi connectivity index (χ4n) is 2.75. The number of nitrogens with zero attached hydrogens (tertiary/aromatic N) is 3. The molecule has 1 atom stereocenters. The largest absolute Gasteiger partial charge is 0.337 e. The average molecular weight is 346 g/mol. The smallest absolute Gasteiger partial charge is 0.318 e. The molecule has 7 heteroatoms. The molecule has 0 aliphatic carbocycles. The van der Waals surface area contributed by atoms with Gasteiger partial charge in [0.1, 0.15) is 11.9 Å². The van der Waals surface area contributed by atoms with E-state index in [9.17, 15) is 9.18 Å². The van der Waals surface area contributed by atoms with E-state index in [-0.39, 0.29) is 17.3 Å². The van der Waals surface area contributed by atoms with Crippen molar-refractivity contribution in [3.8, 4) is 0 Å². The maximum Gasteiger partial charge on any atom is 0.318 e. The zero-order valence-corrected chi connectivity index (χ0v) is 15.0. The Labute approximate surface area is 146 Å². The average Bonchev–Trinajstić information content (AvgIpc) is 3.04. The summed E-state index contributed by atoms with van der Waals surface area (Å²) in [6.07, 6.45) is 0.714. The highest BCUT2D eigenvalue weighted by molar-refractivity contribution is 5.75. The van der Waals surface area contributed by atoms with Gasteiger partial charge in [-0.3, -0.25) is 0 Å². The molecule has 1 aliphatic heterocycles. The monoisotopic (exact) mass is 346 g/mol. The molecular weight excluding hydrogens is 323 g/mol. The number of halogens is 1. The van der Waals surface area contributed by atoms with Crippen LogP contribution in [0, 0.1) is 5.82 Å². The van der Waals surface area contributed by atoms with E-state index in [0.29, 0.717) is 31.2 Å². The first-order chi connectivity index (χ1) is 11.7. The molecule has 6 nitrogen and oxygen atoms in total. The number of carbonyl (C=O) groups excluding carboxylic acids is 1. The number of hydrogen-bond acceptors (Lipinski definition) is 4. The molecule has 3 rings (SSSR count). The molecule has 0 radical (unpaired) electrons. The first kappa shape index (κ1) is 17.4. The summed E-state index contributed by atoms with van der Waals surface area (Å²) in [7, 11) is 0. The molecular formula is C18H23FN4O2. The summed E-state index contributed by atoms with van der Waals surface area (Å²) in [5, 5.41) is 6.85. The third-order valence-corrected chi connectivity index (χ3v) is 4.29. The fraction of sp³-hybridized carbons (Fsp3) is 0.500. The van der Waals surface area contributed by atoms with E-state index in [1.165, 1.54) is 12.1 Å². The molecule has 1 aliphatic rings. The maximum absolute atomic E-state index is 13.4. The summed E-state index contributed by atoms with van der Waals surface area (Å²) >= 11 is 0. The molecule has 2 heterocycles. The van der Waals surface area contributed by atoms with E-state index in [4.69, 9.17) is 4.52 Å². The van der Waals surface area contributed by atoms with Crippen molar-refractivity contribution in [2.45, 2.75) is 52.1 Å². The number of hydrogen-bond donors (Lipinski definition) is 1. The van der Waals surface area contributed by atoms with Gasteiger partial charge in [-0.25, -0.2) is 9.18 Å². The zero-order valence-electron chi connectivity index (χ0n) is 15.0. The van der Waals surface area contributed by atoms with Crippen LogP contribution in [0.4, 0.5) is 9.18 Å². The summed E-state index contributed by atoms with van der Waals surface area (Å²) in [6, 6.07) is 4.11. The number of nitrogens with one attached hydrogen (secondary N) is 1. The molecule has 2 amide bonds. The Balaban J connectivity index is 1.65. The molecule has 0 saturated heterocycles. The fourth-order valence-corrected chi connectivity index (χ4v) is 2.75. The van der Waals surface area contributed by atoms with Gasteiger partial charge >= 0.3 is 6.03 Å². The molecule has 25 heavy (non-hydrogen) atoms. The molecule has 1 N–H and O–H groups in total. The second-order valence-electron chi connectivity index (χ2n) is 7.46. The number of fused-ring (bicyclic) bond motifs is 1. The van der Waals surface area contributed by atoms with E-state index in [1.807, 2.05) is 20.8 Å². The Bertz CT molecular complexity index is 782. The standard InChI is InChI=1S/C18H23FN4O2/c1-11(15-21-16(22-25-15)18(2,3)4)20-17(24)23-8-7-12-5-6-14(19)9-13(12)10-23/h5-6,9,11H,7-8,10H2,1-4H3,(H,20,24). The molecule has 1 aromatic heterocycles. The van der Waals surface area contributed by atoms with Gasteiger partial charge in [0.05, 0.1) is 0 Å². The van der Waals surface area contributed by atoms with Crippen LogP contribution in [0.25, 0.3) is 0 Å². The van der Waals surface area contributed by atoms with Crippen molar-refractivity contribution >= 4 is 6.03 Å². The van der Waals surface area contributed by atoms with Gasteiger partial charge in [0.2, 0.25) is 5.89 Å². The lowest BCUT2D eigenvalue weighted by atomic mass is 9.96. The minimum Gasteiger partial charge on any atom is -0.337 e. The van der Waals surface area contributed by atoms with Crippen molar-refractivity contribution in [2.24, 2.45) is 0 Å². The van der Waals surface area contributed by atoms with Crippen LogP contribution in [0.5, 0.6) is 0 Å². The Morgan fingerprint density at radius 3 is 2.80 bits per heavy atom. The molecule has 0 spiro atoms. The number of amides is 2. The summed E-state index contributed by atoms with van der Waals surface area (Å²) in [5.41, 5.74) is 1.72. The van der Waals surface area contributed by atoms with Crippen LogP contribution >= 0.6 is 0 Å². The maximum atomic E-state index is 13.4. The van der Waals surface area contributed by atoms with Gasteiger partial charge in [0, 0.05) is 18.5 Å². The van der Waals surface area contributed by atoms with Gasteiger partial charge in [-0.15, -0.1) is 0 Å². The Morgan fingerprint density at radius 1 is 1.36 bits per heavy atom. The molecule has 0 fully saturated rings. The van der Waals surface area contributed by atoms with Crippen LogP contribution in [0.3, 0.4) is 0 Å². The minimum absolute atomic E-state index is 0.216. The molecule has 1 unspecified atom stereocenters. The first-order valence-electron chi connectivity index (χ1n) is 8.41. The van der Waals surface area contributed by atoms with Gasteiger partial charge in [-0.1, -0.05) is 32.0 Å². The van der Waals surface area contributed by atoms with Gasteiger partial charge < -0.3 is 14.7 Å². The van der Waals surface area contributed by atoms with Gasteiger partial charge in [0.25, 0.3) is 0 Å². The van der Waals surface area contributed by atoms with Crippen molar-refractivity contribution < 1.29 is 13.7 Å². The van der Waals surface area contributed by atoms with Crippen LogP contribution in [-0.4, -0.2) is 27.6 Å². The third-order valence-electron chi connectivity index (χ3n) is 4.29. The van der Waals surface area contributed by atoms with Crippen molar-refractivity contribution in [3.63, 3.8) is 0 Å². The summed E-state index contributed by atoms with van der Waals surface area (Å²) < 4.78 is 18.7. The Morgan fingerprint density at radius 2 is 2.12 bits per heavy atom. The molecule has 0 saturated carbocycles. The van der Waals surface area contributed by atoms with Crippen molar-refractivity contribution in [1.82, 2.24) is 20.4 Å². The van der Waals surface area contributed by atoms with E-state index in [1.54, 1.807) is 17.9 Å². The number of benzene rings is 1. The highest BCUT2D eigenvalue weighted by atomic mass is 19.1. The van der Waals surface area contributed by atoms with E-state index >= 15 is 0 Å². The molecule has 0 bridgehead atoms. The normalized spacial score (nSPS) is 15.6. The van der Waals surface area contributed by atoms with Gasteiger partial charge in [-0.2, -0.15) is 4.98 Å². The van der Waals surface area contributed by atoms with E-state index in [2.05, 4.69) is 15.5 Å². The summed E-state index contributed by atoms with van der Waals surface area (Å²) in [4.78, 5) is 18.5. The zero-order chi connectivity index (χ0) is 18.2. The van der Waals surface area contributed by atoms with Crippen LogP contribution in [0.2, 0.25) is 0 Å². The van der Waals surface area contributed by atoms with Crippen molar-refractivity contribution in [2.75, 3.05) is 6.54 Å².